The van der Waals surface area contributed by atoms with E-state index in [9.17, 15) is 0 Å². The molecular formula is C34H44B2N3+. The van der Waals surface area contributed by atoms with Crippen molar-refractivity contribution in [3.63, 3.8) is 0 Å². The molecule has 5 heteroatoms. The van der Waals surface area contributed by atoms with Crippen LogP contribution < -0.4 is 15.6 Å². The van der Waals surface area contributed by atoms with Crippen molar-refractivity contribution in [1.29, 1.82) is 0 Å². The molecule has 0 amide bonds. The van der Waals surface area contributed by atoms with Crippen molar-refractivity contribution in [2.75, 3.05) is 4.72 Å². The van der Waals surface area contributed by atoms with Gasteiger partial charge >= 0.3 is 14.0 Å². The molecule has 6 rings (SSSR count). The van der Waals surface area contributed by atoms with E-state index in [0.29, 0.717) is 12.1 Å². The van der Waals surface area contributed by atoms with Gasteiger partial charge in [-0.25, -0.2) is 0 Å². The van der Waals surface area contributed by atoms with Crippen LogP contribution in [0.25, 0.3) is 0 Å². The van der Waals surface area contributed by atoms with Crippen molar-refractivity contribution in [2.24, 2.45) is 0 Å². The van der Waals surface area contributed by atoms with Gasteiger partial charge < -0.3 is 14.0 Å². The summed E-state index contributed by atoms with van der Waals surface area (Å²) in [6.45, 7) is 7.19. The fraction of sp³-hybridized carbons (Fsp3) is 0.441. The molecule has 3 nitrogen and oxygen atoms in total. The summed E-state index contributed by atoms with van der Waals surface area (Å²) < 4.78 is 5.61. The molecule has 3 aliphatic rings. The fourth-order valence-corrected chi connectivity index (χ4v) is 7.79. The zero-order chi connectivity index (χ0) is 26.8. The lowest BCUT2D eigenvalue weighted by Gasteiger charge is -2.46. The molecule has 1 aliphatic heterocycles. The van der Waals surface area contributed by atoms with E-state index in [1.54, 1.807) is 0 Å². The van der Waals surface area contributed by atoms with Gasteiger partial charge in [-0.1, -0.05) is 91.2 Å². The molecule has 200 valence electrons. The Labute approximate surface area is 237 Å². The van der Waals surface area contributed by atoms with E-state index in [2.05, 4.69) is 114 Å². The van der Waals surface area contributed by atoms with Crippen LogP contribution >= 0.6 is 0 Å². The van der Waals surface area contributed by atoms with Gasteiger partial charge in [0.25, 0.3) is 0 Å². The van der Waals surface area contributed by atoms with Crippen molar-refractivity contribution in [3.05, 3.63) is 89.5 Å². The van der Waals surface area contributed by atoms with E-state index >= 15 is 0 Å². The van der Waals surface area contributed by atoms with Crippen molar-refractivity contribution in [2.45, 2.75) is 97.1 Å². The van der Waals surface area contributed by atoms with E-state index in [1.165, 1.54) is 97.5 Å². The normalized spacial score (nSPS) is 19.4. The second-order valence-corrected chi connectivity index (χ2v) is 12.3. The van der Waals surface area contributed by atoms with Gasteiger partial charge in [-0.15, -0.1) is 0 Å². The highest BCUT2D eigenvalue weighted by Crippen LogP contribution is 2.34. The molecule has 2 saturated carbocycles. The molecule has 0 bridgehead atoms. The zero-order valence-corrected chi connectivity index (χ0v) is 24.2. The summed E-state index contributed by atoms with van der Waals surface area (Å²) in [5.41, 5.74) is 8.29. The molecule has 0 aromatic heterocycles. The molecular weight excluding hydrogens is 472 g/mol. The molecule has 0 N–H and O–H groups in total. The first kappa shape index (κ1) is 26.3. The Morgan fingerprint density at radius 3 is 1.79 bits per heavy atom. The Kier molecular flexibility index (Phi) is 7.86. The number of rotatable bonds is 5. The number of hydrogen-bond acceptors (Lipinski definition) is 2. The minimum atomic E-state index is 0.152. The number of benzene rings is 3. The van der Waals surface area contributed by atoms with Gasteiger partial charge in [-0.2, -0.15) is 0 Å². The Morgan fingerprint density at radius 2 is 1.21 bits per heavy atom. The second kappa shape index (κ2) is 11.7. The van der Waals surface area contributed by atoms with Gasteiger partial charge in [0, 0.05) is 5.69 Å². The molecule has 1 heterocycles. The van der Waals surface area contributed by atoms with Crippen LogP contribution in [0, 0.1) is 20.8 Å². The van der Waals surface area contributed by atoms with Crippen molar-refractivity contribution in [3.8, 4) is 0 Å². The second-order valence-electron chi connectivity index (χ2n) is 12.3. The quantitative estimate of drug-likeness (QED) is 0.372. The molecule has 2 fully saturated rings. The van der Waals surface area contributed by atoms with Gasteiger partial charge in [0.1, 0.15) is 0 Å². The number of hydrogen-bond donors (Lipinski definition) is 0. The zero-order valence-electron chi connectivity index (χ0n) is 24.2. The lowest BCUT2D eigenvalue weighted by Crippen LogP contribution is -2.77. The first-order valence-corrected chi connectivity index (χ1v) is 15.5. The smallest absolute Gasteiger partial charge is 0.370 e. The van der Waals surface area contributed by atoms with E-state index < -0.39 is 0 Å². The predicted molar refractivity (Wildman–Crippen MR) is 169 cm³/mol. The molecule has 2 aliphatic carbocycles. The average molecular weight is 516 g/mol. The van der Waals surface area contributed by atoms with Crippen LogP contribution in [0.3, 0.4) is 0 Å². The summed E-state index contributed by atoms with van der Waals surface area (Å²) in [6, 6.07) is 28.6. The van der Waals surface area contributed by atoms with Crippen LogP contribution in [0.5, 0.6) is 0 Å². The van der Waals surface area contributed by atoms with Crippen LogP contribution in [0.1, 0.15) is 80.9 Å². The van der Waals surface area contributed by atoms with Crippen LogP contribution in [0.15, 0.2) is 72.8 Å². The highest BCUT2D eigenvalue weighted by atomic mass is 15.3. The van der Waals surface area contributed by atoms with Crippen LogP contribution in [0.2, 0.25) is 0 Å². The molecule has 0 unspecified atom stereocenters. The van der Waals surface area contributed by atoms with Crippen LogP contribution in [-0.2, 0) is 0 Å². The summed E-state index contributed by atoms with van der Waals surface area (Å²) in [4.78, 5) is 2.79. The Balaban J connectivity index is 1.63. The maximum atomic E-state index is 2.82. The molecule has 3 aromatic carbocycles. The fourth-order valence-electron chi connectivity index (χ4n) is 7.79. The maximum absolute atomic E-state index is 2.82. The molecule has 0 radical (unpaired) electrons. The minimum absolute atomic E-state index is 0.152. The Hall–Kier alpha value is -2.94. The first-order valence-electron chi connectivity index (χ1n) is 15.5. The summed E-state index contributed by atoms with van der Waals surface area (Å²) in [5.74, 6) is 0. The SMILES string of the molecule is Cc1cc(C)c(N2B(c3ccccc3)N(C3CCCCC3)C=[N+](C3CCCCC3)B2c2ccccc2)c(C)c1. The molecule has 0 atom stereocenters. The first-order chi connectivity index (χ1) is 19.1. The topological polar surface area (TPSA) is 9.49 Å². The van der Waals surface area contributed by atoms with Crippen molar-refractivity contribution >= 4 is 36.9 Å². The summed E-state index contributed by atoms with van der Waals surface area (Å²) in [5, 5.41) is 0. The number of nitrogens with zero attached hydrogens (tertiary/aromatic N) is 3. The van der Waals surface area contributed by atoms with Gasteiger partial charge in [0.15, 0.2) is 0 Å². The van der Waals surface area contributed by atoms with Gasteiger partial charge in [-0.05, 0) is 94.2 Å². The highest BCUT2D eigenvalue weighted by molar-refractivity contribution is 6.92. The predicted octanol–water partition coefficient (Wildman–Crippen LogP) is 6.23. The average Bonchev–Trinajstić information content (AvgIpc) is 2.98. The summed E-state index contributed by atoms with van der Waals surface area (Å²) >= 11 is 0. The molecule has 3 aromatic rings. The maximum Gasteiger partial charge on any atom is 0.522 e. The lowest BCUT2D eigenvalue weighted by molar-refractivity contribution is -0.443. The standard InChI is InChI=1S/C34H44B2N3/c1-27-24-28(2)34(29(3)25-27)39-35(30-16-8-4-9-17-30)37(32-20-12-6-13-21-32)26-38(33-22-14-7-15-23-33)36(39)31-18-10-5-11-19-31/h4-5,8-11,16-19,24-26,32-33H,6-7,12-15,20-23H2,1-3H3/q+1. The summed E-state index contributed by atoms with van der Waals surface area (Å²) in [7, 11) is 0. The third-order valence-electron chi connectivity index (χ3n) is 9.44. The largest absolute Gasteiger partial charge is 0.522 e. The minimum Gasteiger partial charge on any atom is -0.370 e. The third-order valence-corrected chi connectivity index (χ3v) is 9.44. The van der Waals surface area contributed by atoms with Crippen molar-refractivity contribution < 1.29 is 4.49 Å². The molecule has 0 saturated heterocycles. The Morgan fingerprint density at radius 1 is 0.667 bits per heavy atom. The van der Waals surface area contributed by atoms with E-state index in [0.717, 1.165) is 0 Å². The molecule has 0 spiro atoms. The van der Waals surface area contributed by atoms with E-state index in [1.807, 2.05) is 0 Å². The van der Waals surface area contributed by atoms with Crippen LogP contribution in [-0.4, -0.2) is 41.7 Å². The van der Waals surface area contributed by atoms with E-state index in [-0.39, 0.29) is 14.0 Å². The monoisotopic (exact) mass is 516 g/mol. The van der Waals surface area contributed by atoms with Gasteiger partial charge in [-0.3, -0.25) is 0 Å². The number of aryl methyl sites for hydroxylation is 3. The lowest BCUT2D eigenvalue weighted by atomic mass is 9.48. The highest BCUT2D eigenvalue weighted by Gasteiger charge is 2.56. The third kappa shape index (κ3) is 5.30. The number of anilines is 1. The van der Waals surface area contributed by atoms with Crippen LogP contribution in [0.4, 0.5) is 5.69 Å². The summed E-state index contributed by atoms with van der Waals surface area (Å²) in [6.07, 6.45) is 15.9. The van der Waals surface area contributed by atoms with E-state index in [4.69, 9.17) is 0 Å². The Bertz CT molecular complexity index is 1260. The molecule has 39 heavy (non-hydrogen) atoms. The van der Waals surface area contributed by atoms with Gasteiger partial charge in [0.2, 0.25) is 6.34 Å². The van der Waals surface area contributed by atoms with Gasteiger partial charge in [0.05, 0.1) is 12.1 Å². The van der Waals surface area contributed by atoms with Crippen molar-refractivity contribution in [1.82, 2.24) is 4.81 Å².